The van der Waals surface area contributed by atoms with Gasteiger partial charge in [0.25, 0.3) is 0 Å². The normalized spacial score (nSPS) is 17.6. The molecule has 1 fully saturated rings. The van der Waals surface area contributed by atoms with Crippen LogP contribution in [0.25, 0.3) is 0 Å². The Bertz CT molecular complexity index is 692. The molecule has 1 atom stereocenters. The molecule has 1 unspecified atom stereocenters. The zero-order valence-electron chi connectivity index (χ0n) is 15.8. The van der Waals surface area contributed by atoms with Gasteiger partial charge in [-0.2, -0.15) is 0 Å². The van der Waals surface area contributed by atoms with Crippen molar-refractivity contribution in [3.8, 4) is 11.5 Å². The second kappa shape index (κ2) is 9.80. The topological polar surface area (TPSA) is 51.5 Å². The smallest absolute Gasteiger partial charge is 0.161 e. The molecule has 0 aliphatic carbocycles. The van der Waals surface area contributed by atoms with E-state index in [1.807, 2.05) is 32.3 Å². The lowest BCUT2D eigenvalue weighted by Gasteiger charge is -2.35. The van der Waals surface area contributed by atoms with E-state index >= 15 is 0 Å². The fourth-order valence-electron chi connectivity index (χ4n) is 3.32. The average Bonchev–Trinajstić information content (AvgIpc) is 3.04. The van der Waals surface area contributed by atoms with E-state index in [0.29, 0.717) is 13.2 Å². The first-order chi connectivity index (χ1) is 12.2. The van der Waals surface area contributed by atoms with Crippen molar-refractivity contribution in [2.75, 3.05) is 32.8 Å². The molecule has 0 bridgehead atoms. The highest BCUT2D eigenvalue weighted by molar-refractivity contribution is 5.85. The fraction of sp³-hybridized carbons (Fsp3) is 0.526. The molecule has 1 saturated heterocycles. The summed E-state index contributed by atoms with van der Waals surface area (Å²) in [7, 11) is 2.05. The van der Waals surface area contributed by atoms with Gasteiger partial charge in [0, 0.05) is 45.6 Å². The molecule has 144 valence electrons. The fourth-order valence-corrected chi connectivity index (χ4v) is 3.32. The Kier molecular flexibility index (Phi) is 7.75. The van der Waals surface area contributed by atoms with Crippen LogP contribution in [0, 0.1) is 0 Å². The van der Waals surface area contributed by atoms with Gasteiger partial charge in [0.05, 0.1) is 19.3 Å². The first-order valence-electron chi connectivity index (χ1n) is 9.03. The van der Waals surface area contributed by atoms with E-state index in [1.165, 1.54) is 5.56 Å². The summed E-state index contributed by atoms with van der Waals surface area (Å²) >= 11 is 0. The van der Waals surface area contributed by atoms with Crippen LogP contribution < -0.4 is 14.8 Å². The maximum Gasteiger partial charge on any atom is 0.161 e. The maximum absolute atomic E-state index is 5.77. The molecular formula is C19H29ClN4O2. The van der Waals surface area contributed by atoms with Gasteiger partial charge >= 0.3 is 0 Å². The van der Waals surface area contributed by atoms with Crippen molar-refractivity contribution in [3.63, 3.8) is 0 Å². The highest BCUT2D eigenvalue weighted by Gasteiger charge is 2.26. The third-order valence-electron chi connectivity index (χ3n) is 4.50. The Hall–Kier alpha value is -1.76. The lowest BCUT2D eigenvalue weighted by molar-refractivity contribution is 0.144. The van der Waals surface area contributed by atoms with Crippen molar-refractivity contribution in [2.24, 2.45) is 7.05 Å². The molecule has 2 aromatic rings. The molecule has 1 aromatic carbocycles. The molecule has 6 nitrogen and oxygen atoms in total. The molecule has 0 radical (unpaired) electrons. The minimum Gasteiger partial charge on any atom is -0.490 e. The van der Waals surface area contributed by atoms with Crippen LogP contribution in [0.2, 0.25) is 0 Å². The van der Waals surface area contributed by atoms with Crippen LogP contribution in [-0.2, 0) is 13.6 Å². The molecule has 1 aromatic heterocycles. The largest absolute Gasteiger partial charge is 0.490 e. The second-order valence-electron chi connectivity index (χ2n) is 6.23. The summed E-state index contributed by atoms with van der Waals surface area (Å²) < 4.78 is 13.5. The van der Waals surface area contributed by atoms with Gasteiger partial charge in [-0.25, -0.2) is 4.98 Å². The Morgan fingerprint density at radius 2 is 1.96 bits per heavy atom. The molecule has 26 heavy (non-hydrogen) atoms. The first-order valence-corrected chi connectivity index (χ1v) is 9.03. The van der Waals surface area contributed by atoms with E-state index in [-0.39, 0.29) is 18.4 Å². The second-order valence-corrected chi connectivity index (χ2v) is 6.23. The van der Waals surface area contributed by atoms with Crippen LogP contribution in [-0.4, -0.2) is 47.3 Å². The van der Waals surface area contributed by atoms with Gasteiger partial charge < -0.3 is 19.4 Å². The van der Waals surface area contributed by atoms with Crippen LogP contribution >= 0.6 is 12.4 Å². The number of piperazine rings is 1. The minimum atomic E-state index is 0. The first kappa shape index (κ1) is 20.6. The van der Waals surface area contributed by atoms with Gasteiger partial charge in [0.1, 0.15) is 5.82 Å². The lowest BCUT2D eigenvalue weighted by Crippen LogP contribution is -2.46. The van der Waals surface area contributed by atoms with Crippen LogP contribution in [0.15, 0.2) is 30.6 Å². The number of imidazole rings is 1. The van der Waals surface area contributed by atoms with Crippen LogP contribution in [0.1, 0.15) is 31.3 Å². The summed E-state index contributed by atoms with van der Waals surface area (Å²) in [6, 6.07) is 6.52. The SMILES string of the molecule is CCOc1ccc(CN2CCNCC2c2nccn2C)cc1OCC.Cl. The number of hydrogen-bond donors (Lipinski definition) is 1. The maximum atomic E-state index is 5.77. The van der Waals surface area contributed by atoms with E-state index in [9.17, 15) is 0 Å². The molecular weight excluding hydrogens is 352 g/mol. The number of aryl methyl sites for hydroxylation is 1. The van der Waals surface area contributed by atoms with E-state index < -0.39 is 0 Å². The lowest BCUT2D eigenvalue weighted by atomic mass is 10.1. The molecule has 1 aliphatic heterocycles. The van der Waals surface area contributed by atoms with Crippen molar-refractivity contribution in [1.29, 1.82) is 0 Å². The molecule has 0 amide bonds. The third kappa shape index (κ3) is 4.69. The summed E-state index contributed by atoms with van der Waals surface area (Å²) in [5.74, 6) is 2.74. The molecule has 1 N–H and O–H groups in total. The number of halogens is 1. The van der Waals surface area contributed by atoms with Gasteiger partial charge in [0.2, 0.25) is 0 Å². The monoisotopic (exact) mass is 380 g/mol. The molecule has 0 saturated carbocycles. The van der Waals surface area contributed by atoms with Crippen molar-refractivity contribution in [1.82, 2.24) is 19.8 Å². The van der Waals surface area contributed by atoms with Gasteiger partial charge in [-0.05, 0) is 31.5 Å². The Morgan fingerprint density at radius 3 is 2.65 bits per heavy atom. The van der Waals surface area contributed by atoms with E-state index in [2.05, 4.69) is 38.9 Å². The Morgan fingerprint density at radius 1 is 1.19 bits per heavy atom. The summed E-state index contributed by atoms with van der Waals surface area (Å²) in [6.07, 6.45) is 3.87. The number of benzene rings is 1. The molecule has 0 spiro atoms. The minimum absolute atomic E-state index is 0. The van der Waals surface area contributed by atoms with Crippen LogP contribution in [0.5, 0.6) is 11.5 Å². The predicted molar refractivity (Wildman–Crippen MR) is 105 cm³/mol. The highest BCUT2D eigenvalue weighted by atomic mass is 35.5. The number of ether oxygens (including phenoxy) is 2. The number of aromatic nitrogens is 2. The van der Waals surface area contributed by atoms with Crippen LogP contribution in [0.4, 0.5) is 0 Å². The van der Waals surface area contributed by atoms with Crippen molar-refractivity contribution < 1.29 is 9.47 Å². The zero-order chi connectivity index (χ0) is 17.6. The van der Waals surface area contributed by atoms with Gasteiger partial charge in [-0.15, -0.1) is 12.4 Å². The number of hydrogen-bond acceptors (Lipinski definition) is 5. The molecule has 2 heterocycles. The molecule has 1 aliphatic rings. The number of rotatable bonds is 7. The number of nitrogens with zero attached hydrogens (tertiary/aromatic N) is 3. The van der Waals surface area contributed by atoms with Crippen LogP contribution in [0.3, 0.4) is 0 Å². The summed E-state index contributed by atoms with van der Waals surface area (Å²) in [5.41, 5.74) is 1.23. The quantitative estimate of drug-likeness (QED) is 0.800. The zero-order valence-corrected chi connectivity index (χ0v) is 16.6. The average molecular weight is 381 g/mol. The molecule has 3 rings (SSSR count). The Balaban J connectivity index is 0.00000243. The Labute approximate surface area is 161 Å². The van der Waals surface area contributed by atoms with E-state index in [0.717, 1.165) is 43.5 Å². The predicted octanol–water partition coefficient (Wildman–Crippen LogP) is 2.79. The van der Waals surface area contributed by atoms with Crippen molar-refractivity contribution in [3.05, 3.63) is 42.0 Å². The van der Waals surface area contributed by atoms with E-state index in [4.69, 9.17) is 9.47 Å². The van der Waals surface area contributed by atoms with Crippen molar-refractivity contribution in [2.45, 2.75) is 26.4 Å². The summed E-state index contributed by atoms with van der Waals surface area (Å²) in [6.45, 7) is 9.03. The standard InChI is InChI=1S/C19H28N4O2.ClH/c1-4-24-17-7-6-15(12-18(17)25-5-2)14-23-11-8-20-13-16(23)19-21-9-10-22(19)3;/h6-7,9-10,12,16,20H,4-5,8,11,13-14H2,1-3H3;1H. The van der Waals surface area contributed by atoms with Gasteiger partial charge in [0.15, 0.2) is 11.5 Å². The van der Waals surface area contributed by atoms with Gasteiger partial charge in [-0.1, -0.05) is 6.07 Å². The van der Waals surface area contributed by atoms with Crippen molar-refractivity contribution >= 4 is 12.4 Å². The third-order valence-corrected chi connectivity index (χ3v) is 4.50. The van der Waals surface area contributed by atoms with Gasteiger partial charge in [-0.3, -0.25) is 4.90 Å². The number of nitrogens with one attached hydrogen (secondary N) is 1. The summed E-state index contributed by atoms with van der Waals surface area (Å²) in [5, 5.41) is 3.48. The highest BCUT2D eigenvalue weighted by Crippen LogP contribution is 2.30. The molecule has 7 heteroatoms. The van der Waals surface area contributed by atoms with E-state index in [1.54, 1.807) is 0 Å². The summed E-state index contributed by atoms with van der Waals surface area (Å²) in [4.78, 5) is 7.03.